The molecule has 7 nitrogen and oxygen atoms in total. The number of benzene rings is 1. The Balaban J connectivity index is 0.00000320. The maximum Gasteiger partial charge on any atom is 0.193 e. The molecule has 170 valence electrons. The second-order valence-corrected chi connectivity index (χ2v) is 7.69. The van der Waals surface area contributed by atoms with Gasteiger partial charge in [-0.2, -0.15) is 0 Å². The van der Waals surface area contributed by atoms with Gasteiger partial charge in [0.1, 0.15) is 17.6 Å². The van der Waals surface area contributed by atoms with E-state index in [9.17, 15) is 0 Å². The molecule has 2 unspecified atom stereocenters. The van der Waals surface area contributed by atoms with Gasteiger partial charge in [0, 0.05) is 26.7 Å². The predicted octanol–water partition coefficient (Wildman–Crippen LogP) is 3.32. The van der Waals surface area contributed by atoms with E-state index in [2.05, 4.69) is 22.1 Å². The van der Waals surface area contributed by atoms with Crippen LogP contribution in [0.1, 0.15) is 32.6 Å². The maximum atomic E-state index is 6.07. The third-order valence-corrected chi connectivity index (χ3v) is 5.44. The summed E-state index contributed by atoms with van der Waals surface area (Å²) in [6, 6.07) is 7.65. The molecular weight excluding hydrogens is 497 g/mol. The fourth-order valence-electron chi connectivity index (χ4n) is 3.75. The van der Waals surface area contributed by atoms with Gasteiger partial charge in [0.15, 0.2) is 5.96 Å². The van der Waals surface area contributed by atoms with Crippen molar-refractivity contribution in [1.82, 2.24) is 10.2 Å². The topological polar surface area (TPSA) is 64.6 Å². The summed E-state index contributed by atoms with van der Waals surface area (Å²) in [6.07, 6.45) is 4.98. The lowest BCUT2D eigenvalue weighted by molar-refractivity contribution is -0.0367. The molecule has 2 aliphatic heterocycles. The zero-order valence-electron chi connectivity index (χ0n) is 18.3. The molecule has 0 radical (unpaired) electrons. The molecule has 2 heterocycles. The van der Waals surface area contributed by atoms with Gasteiger partial charge in [0.05, 0.1) is 32.5 Å². The lowest BCUT2D eigenvalue weighted by Crippen LogP contribution is -2.49. The van der Waals surface area contributed by atoms with Crippen LogP contribution in [0.15, 0.2) is 29.3 Å². The third kappa shape index (κ3) is 7.77. The van der Waals surface area contributed by atoms with Gasteiger partial charge < -0.3 is 29.2 Å². The van der Waals surface area contributed by atoms with Crippen LogP contribution in [0, 0.1) is 0 Å². The van der Waals surface area contributed by atoms with Crippen molar-refractivity contribution < 1.29 is 18.9 Å². The van der Waals surface area contributed by atoms with Gasteiger partial charge in [0.25, 0.3) is 0 Å². The first-order valence-electron chi connectivity index (χ1n) is 10.7. The summed E-state index contributed by atoms with van der Waals surface area (Å²) < 4.78 is 22.9. The van der Waals surface area contributed by atoms with Gasteiger partial charge in [-0.1, -0.05) is 0 Å². The normalized spacial score (nSPS) is 21.1. The quantitative estimate of drug-likeness (QED) is 0.315. The van der Waals surface area contributed by atoms with Crippen LogP contribution < -0.4 is 14.8 Å². The summed E-state index contributed by atoms with van der Waals surface area (Å²) in [6.45, 7) is 6.25. The van der Waals surface area contributed by atoms with Crippen molar-refractivity contribution in [3.05, 3.63) is 24.3 Å². The molecule has 0 spiro atoms. The monoisotopic (exact) mass is 533 g/mol. The van der Waals surface area contributed by atoms with E-state index in [-0.39, 0.29) is 30.1 Å². The van der Waals surface area contributed by atoms with E-state index in [1.807, 2.05) is 31.3 Å². The second-order valence-electron chi connectivity index (χ2n) is 7.69. The molecule has 0 aliphatic carbocycles. The third-order valence-electron chi connectivity index (χ3n) is 5.44. The fourth-order valence-corrected chi connectivity index (χ4v) is 3.75. The first-order valence-corrected chi connectivity index (χ1v) is 10.7. The van der Waals surface area contributed by atoms with E-state index >= 15 is 0 Å². The maximum absolute atomic E-state index is 6.07. The van der Waals surface area contributed by atoms with Crippen LogP contribution in [-0.4, -0.2) is 76.2 Å². The van der Waals surface area contributed by atoms with Crippen LogP contribution in [0.25, 0.3) is 0 Å². The number of aliphatic imine (C=N–C) groups is 1. The highest BCUT2D eigenvalue weighted by Gasteiger charge is 2.24. The summed E-state index contributed by atoms with van der Waals surface area (Å²) in [4.78, 5) is 6.74. The molecule has 8 heteroatoms. The molecule has 0 bridgehead atoms. The van der Waals surface area contributed by atoms with Crippen LogP contribution in [0.2, 0.25) is 0 Å². The molecule has 0 saturated carbocycles. The Kier molecular flexibility index (Phi) is 11.0. The largest absolute Gasteiger partial charge is 0.497 e. The van der Waals surface area contributed by atoms with Crippen molar-refractivity contribution in [3.63, 3.8) is 0 Å². The Morgan fingerprint density at radius 2 is 1.90 bits per heavy atom. The lowest BCUT2D eigenvalue weighted by Gasteiger charge is -2.34. The van der Waals surface area contributed by atoms with Gasteiger partial charge in [-0.15, -0.1) is 24.0 Å². The van der Waals surface area contributed by atoms with Crippen molar-refractivity contribution in [2.45, 2.75) is 50.9 Å². The first-order chi connectivity index (χ1) is 14.2. The lowest BCUT2D eigenvalue weighted by atomic mass is 10.1. The van der Waals surface area contributed by atoms with Gasteiger partial charge in [-0.25, -0.2) is 0 Å². The van der Waals surface area contributed by atoms with E-state index in [1.54, 1.807) is 7.11 Å². The summed E-state index contributed by atoms with van der Waals surface area (Å²) in [5.74, 6) is 2.58. The molecular formula is C22H36IN3O4. The molecule has 0 aromatic heterocycles. The van der Waals surface area contributed by atoms with Gasteiger partial charge in [0.2, 0.25) is 0 Å². The highest BCUT2D eigenvalue weighted by atomic mass is 127. The van der Waals surface area contributed by atoms with Crippen LogP contribution in [-0.2, 0) is 9.47 Å². The number of rotatable bonds is 8. The molecule has 2 aliphatic rings. The van der Waals surface area contributed by atoms with Crippen molar-refractivity contribution in [2.24, 2.45) is 4.99 Å². The minimum Gasteiger partial charge on any atom is -0.497 e. The molecule has 0 amide bonds. The van der Waals surface area contributed by atoms with E-state index in [1.165, 1.54) is 0 Å². The Morgan fingerprint density at radius 3 is 2.50 bits per heavy atom. The molecule has 2 atom stereocenters. The summed E-state index contributed by atoms with van der Waals surface area (Å²) in [5, 5.41) is 3.44. The Bertz CT molecular complexity index is 630. The Hall–Kier alpha value is -1.26. The van der Waals surface area contributed by atoms with Crippen LogP contribution in [0.3, 0.4) is 0 Å². The number of hydrogen-bond donors (Lipinski definition) is 1. The minimum atomic E-state index is 0. The van der Waals surface area contributed by atoms with Crippen molar-refractivity contribution in [2.75, 3.05) is 47.0 Å². The predicted molar refractivity (Wildman–Crippen MR) is 129 cm³/mol. The van der Waals surface area contributed by atoms with Crippen molar-refractivity contribution >= 4 is 29.9 Å². The average molecular weight is 533 g/mol. The van der Waals surface area contributed by atoms with E-state index in [4.69, 9.17) is 18.9 Å². The number of hydrogen-bond acceptors (Lipinski definition) is 5. The summed E-state index contributed by atoms with van der Waals surface area (Å²) >= 11 is 0. The zero-order valence-corrected chi connectivity index (χ0v) is 20.7. The number of nitrogens with one attached hydrogen (secondary N) is 1. The number of likely N-dealkylation sites (tertiary alicyclic amines) is 1. The standard InChI is InChI=1S/C22H35N3O4.HI/c1-17(29-20-8-6-18(26-3)7-9-20)15-24-22(23-2)25-12-10-19(11-13-25)28-16-21-5-4-14-27-21;/h6-9,17,19,21H,4-5,10-16H2,1-3H3,(H,23,24);1H. The van der Waals surface area contributed by atoms with Gasteiger partial charge >= 0.3 is 0 Å². The van der Waals surface area contributed by atoms with E-state index < -0.39 is 0 Å². The molecule has 1 aromatic rings. The smallest absolute Gasteiger partial charge is 0.193 e. The molecule has 2 saturated heterocycles. The molecule has 30 heavy (non-hydrogen) atoms. The van der Waals surface area contributed by atoms with Crippen LogP contribution in [0.5, 0.6) is 11.5 Å². The Labute approximate surface area is 197 Å². The van der Waals surface area contributed by atoms with Gasteiger partial charge in [-0.05, 0) is 56.9 Å². The fraction of sp³-hybridized carbons (Fsp3) is 0.682. The molecule has 1 aromatic carbocycles. The average Bonchev–Trinajstić information content (AvgIpc) is 3.28. The molecule has 1 N–H and O–H groups in total. The summed E-state index contributed by atoms with van der Waals surface area (Å²) in [5.41, 5.74) is 0. The van der Waals surface area contributed by atoms with Gasteiger partial charge in [-0.3, -0.25) is 4.99 Å². The minimum absolute atomic E-state index is 0. The second kappa shape index (κ2) is 13.2. The van der Waals surface area contributed by atoms with Crippen molar-refractivity contribution in [3.8, 4) is 11.5 Å². The van der Waals surface area contributed by atoms with Crippen LogP contribution in [0.4, 0.5) is 0 Å². The zero-order chi connectivity index (χ0) is 20.5. The van der Waals surface area contributed by atoms with Crippen molar-refractivity contribution in [1.29, 1.82) is 0 Å². The molecule has 3 rings (SSSR count). The number of guanidine groups is 1. The number of methoxy groups -OCH3 is 1. The van der Waals surface area contributed by atoms with Crippen LogP contribution >= 0.6 is 24.0 Å². The molecule has 2 fully saturated rings. The summed E-state index contributed by atoms with van der Waals surface area (Å²) in [7, 11) is 3.49. The first kappa shape index (κ1) is 25.0. The number of ether oxygens (including phenoxy) is 4. The SMILES string of the molecule is CN=C(NCC(C)Oc1ccc(OC)cc1)N1CCC(OCC2CCCO2)CC1.I. The highest BCUT2D eigenvalue weighted by molar-refractivity contribution is 14.0. The van der Waals surface area contributed by atoms with E-state index in [0.717, 1.165) is 69.4 Å². The number of piperidine rings is 1. The Morgan fingerprint density at radius 1 is 1.20 bits per heavy atom. The number of halogens is 1. The van der Waals surface area contributed by atoms with E-state index in [0.29, 0.717) is 18.8 Å². The highest BCUT2D eigenvalue weighted by Crippen LogP contribution is 2.19. The number of nitrogens with zero attached hydrogens (tertiary/aromatic N) is 2.